The van der Waals surface area contributed by atoms with Crippen LogP contribution in [0, 0.1) is 15.9 Å². The SMILES string of the molecule is CN1CCC(Oc2cc(F)ccc2[N+](=O)[O-])C1=O. The molecule has 1 fully saturated rings. The van der Waals surface area contributed by atoms with Crippen molar-refractivity contribution in [2.75, 3.05) is 13.6 Å². The number of nitrogens with zero attached hydrogens (tertiary/aromatic N) is 2. The van der Waals surface area contributed by atoms with Crippen LogP contribution in [0.2, 0.25) is 0 Å². The minimum absolute atomic E-state index is 0.214. The third-order valence-corrected chi connectivity index (χ3v) is 2.77. The fraction of sp³-hybridized carbons (Fsp3) is 0.364. The first-order valence-electron chi connectivity index (χ1n) is 5.34. The predicted octanol–water partition coefficient (Wildman–Crippen LogP) is 1.34. The van der Waals surface area contributed by atoms with Crippen LogP contribution in [0.3, 0.4) is 0 Å². The molecule has 6 nitrogen and oxygen atoms in total. The van der Waals surface area contributed by atoms with Crippen molar-refractivity contribution in [1.29, 1.82) is 0 Å². The summed E-state index contributed by atoms with van der Waals surface area (Å²) >= 11 is 0. The van der Waals surface area contributed by atoms with Gasteiger partial charge in [-0.05, 0) is 6.07 Å². The maximum absolute atomic E-state index is 13.1. The number of benzene rings is 1. The number of amides is 1. The highest BCUT2D eigenvalue weighted by Gasteiger charge is 2.32. The van der Waals surface area contributed by atoms with Crippen molar-refractivity contribution in [2.24, 2.45) is 0 Å². The highest BCUT2D eigenvalue weighted by molar-refractivity contribution is 5.83. The number of nitro groups is 1. The highest BCUT2D eigenvalue weighted by Crippen LogP contribution is 2.30. The average molecular weight is 254 g/mol. The number of likely N-dealkylation sites (tertiary alicyclic amines) is 1. The van der Waals surface area contributed by atoms with Crippen molar-refractivity contribution in [2.45, 2.75) is 12.5 Å². The van der Waals surface area contributed by atoms with Crippen LogP contribution in [-0.4, -0.2) is 35.4 Å². The van der Waals surface area contributed by atoms with E-state index in [1.807, 2.05) is 0 Å². The Hall–Kier alpha value is -2.18. The second kappa shape index (κ2) is 4.59. The Balaban J connectivity index is 2.25. The number of carbonyl (C=O) groups excluding carboxylic acids is 1. The van der Waals surface area contributed by atoms with E-state index in [1.54, 1.807) is 7.05 Å². The lowest BCUT2D eigenvalue weighted by molar-refractivity contribution is -0.386. The van der Waals surface area contributed by atoms with Gasteiger partial charge in [0.2, 0.25) is 5.75 Å². The van der Waals surface area contributed by atoms with Crippen LogP contribution in [0.5, 0.6) is 5.75 Å². The normalized spacial score (nSPS) is 19.1. The summed E-state index contributed by atoms with van der Waals surface area (Å²) < 4.78 is 18.3. The fourth-order valence-corrected chi connectivity index (χ4v) is 1.79. The first kappa shape index (κ1) is 12.3. The van der Waals surface area contributed by atoms with Gasteiger partial charge >= 0.3 is 5.69 Å². The van der Waals surface area contributed by atoms with E-state index in [9.17, 15) is 19.3 Å². The Morgan fingerprint density at radius 2 is 2.28 bits per heavy atom. The molecule has 0 spiro atoms. The van der Waals surface area contributed by atoms with Crippen molar-refractivity contribution >= 4 is 11.6 Å². The lowest BCUT2D eigenvalue weighted by Crippen LogP contribution is -2.29. The second-order valence-electron chi connectivity index (χ2n) is 4.02. The van der Waals surface area contributed by atoms with Gasteiger partial charge in [-0.15, -0.1) is 0 Å². The zero-order valence-corrected chi connectivity index (χ0v) is 9.63. The Labute approximate surface area is 102 Å². The van der Waals surface area contributed by atoms with Gasteiger partial charge in [-0.2, -0.15) is 0 Å². The number of nitro benzene ring substituents is 1. The zero-order chi connectivity index (χ0) is 13.3. The van der Waals surface area contributed by atoms with E-state index < -0.39 is 16.8 Å². The minimum Gasteiger partial charge on any atom is -0.473 e. The molecule has 1 atom stereocenters. The van der Waals surface area contributed by atoms with E-state index in [4.69, 9.17) is 4.74 Å². The van der Waals surface area contributed by atoms with Gasteiger partial charge in [0.1, 0.15) is 5.82 Å². The Bertz CT molecular complexity index is 506. The van der Waals surface area contributed by atoms with Gasteiger partial charge in [0.25, 0.3) is 5.91 Å². The van der Waals surface area contributed by atoms with Crippen LogP contribution in [0.1, 0.15) is 6.42 Å². The number of carbonyl (C=O) groups is 1. The predicted molar refractivity (Wildman–Crippen MR) is 59.7 cm³/mol. The van der Waals surface area contributed by atoms with Gasteiger partial charge in [0.05, 0.1) is 4.92 Å². The molecule has 96 valence electrons. The lowest BCUT2D eigenvalue weighted by Gasteiger charge is -2.12. The van der Waals surface area contributed by atoms with Crippen LogP contribution >= 0.6 is 0 Å². The first-order chi connectivity index (χ1) is 8.49. The summed E-state index contributed by atoms with van der Waals surface area (Å²) in [5.74, 6) is -1.11. The van der Waals surface area contributed by atoms with Gasteiger partial charge in [-0.3, -0.25) is 14.9 Å². The van der Waals surface area contributed by atoms with E-state index in [1.165, 1.54) is 4.90 Å². The maximum atomic E-state index is 13.1. The topological polar surface area (TPSA) is 72.7 Å². The van der Waals surface area contributed by atoms with Crippen LogP contribution in [0.4, 0.5) is 10.1 Å². The Morgan fingerprint density at radius 1 is 1.56 bits per heavy atom. The van der Waals surface area contributed by atoms with Gasteiger partial charge in [0.15, 0.2) is 6.10 Å². The van der Waals surface area contributed by atoms with E-state index in [2.05, 4.69) is 0 Å². The van der Waals surface area contributed by atoms with Crippen molar-refractivity contribution in [1.82, 2.24) is 4.90 Å². The molecule has 0 aromatic heterocycles. The standard InChI is InChI=1S/C11H11FN2O4/c1-13-5-4-9(11(13)15)18-10-6-7(12)2-3-8(10)14(16)17/h2-3,6,9H,4-5H2,1H3. The van der Waals surface area contributed by atoms with Crippen LogP contribution in [-0.2, 0) is 4.79 Å². The van der Waals surface area contributed by atoms with Gasteiger partial charge in [-0.25, -0.2) is 4.39 Å². The molecule has 7 heteroatoms. The third-order valence-electron chi connectivity index (χ3n) is 2.77. The number of ether oxygens (including phenoxy) is 1. The summed E-state index contributed by atoms with van der Waals surface area (Å²) in [6.45, 7) is 0.520. The molecule has 0 N–H and O–H groups in total. The molecular formula is C11H11FN2O4. The molecule has 0 bridgehead atoms. The second-order valence-corrected chi connectivity index (χ2v) is 4.02. The maximum Gasteiger partial charge on any atom is 0.311 e. The number of halogens is 1. The third kappa shape index (κ3) is 2.24. The Kier molecular flexibility index (Phi) is 3.14. The summed E-state index contributed by atoms with van der Waals surface area (Å²) in [4.78, 5) is 23.2. The molecular weight excluding hydrogens is 243 g/mol. The summed E-state index contributed by atoms with van der Waals surface area (Å²) in [7, 11) is 1.62. The number of hydrogen-bond acceptors (Lipinski definition) is 4. The number of hydrogen-bond donors (Lipinski definition) is 0. The summed E-state index contributed by atoms with van der Waals surface area (Å²) in [6, 6.07) is 2.92. The van der Waals surface area contributed by atoms with Gasteiger partial charge in [0, 0.05) is 32.1 Å². The molecule has 0 saturated carbocycles. The molecule has 1 saturated heterocycles. The van der Waals surface area contributed by atoms with Gasteiger partial charge in [-0.1, -0.05) is 0 Å². The van der Waals surface area contributed by atoms with Crippen molar-refractivity contribution in [3.63, 3.8) is 0 Å². The summed E-state index contributed by atoms with van der Waals surface area (Å²) in [5.41, 5.74) is -0.348. The molecule has 1 unspecified atom stereocenters. The minimum atomic E-state index is -0.782. The molecule has 1 aromatic rings. The van der Waals surface area contributed by atoms with E-state index in [0.717, 1.165) is 18.2 Å². The molecule has 2 rings (SSSR count). The van der Waals surface area contributed by atoms with Crippen molar-refractivity contribution in [3.05, 3.63) is 34.1 Å². The number of rotatable bonds is 3. The molecule has 1 amide bonds. The smallest absolute Gasteiger partial charge is 0.311 e. The lowest BCUT2D eigenvalue weighted by atomic mass is 10.2. The van der Waals surface area contributed by atoms with Crippen molar-refractivity contribution in [3.8, 4) is 5.75 Å². The molecule has 18 heavy (non-hydrogen) atoms. The van der Waals surface area contributed by atoms with E-state index >= 15 is 0 Å². The quantitative estimate of drug-likeness (QED) is 0.602. The molecule has 0 aliphatic carbocycles. The molecule has 1 aliphatic rings. The molecule has 0 radical (unpaired) electrons. The largest absolute Gasteiger partial charge is 0.473 e. The van der Waals surface area contributed by atoms with Crippen LogP contribution in [0.25, 0.3) is 0 Å². The van der Waals surface area contributed by atoms with E-state index in [0.29, 0.717) is 13.0 Å². The first-order valence-corrected chi connectivity index (χ1v) is 5.34. The molecule has 1 heterocycles. The fourth-order valence-electron chi connectivity index (χ4n) is 1.79. The number of likely N-dealkylation sites (N-methyl/N-ethyl adjacent to an activating group) is 1. The van der Waals surface area contributed by atoms with E-state index in [-0.39, 0.29) is 17.3 Å². The highest BCUT2D eigenvalue weighted by atomic mass is 19.1. The monoisotopic (exact) mass is 254 g/mol. The Morgan fingerprint density at radius 3 is 2.83 bits per heavy atom. The molecule has 1 aromatic carbocycles. The average Bonchev–Trinajstić information content (AvgIpc) is 2.61. The molecule has 1 aliphatic heterocycles. The van der Waals surface area contributed by atoms with Crippen LogP contribution in [0.15, 0.2) is 18.2 Å². The summed E-state index contributed by atoms with van der Waals surface area (Å²) in [5, 5.41) is 10.8. The van der Waals surface area contributed by atoms with Crippen LogP contribution < -0.4 is 4.74 Å². The van der Waals surface area contributed by atoms with Gasteiger partial charge < -0.3 is 9.64 Å². The summed E-state index contributed by atoms with van der Waals surface area (Å²) in [6.07, 6.45) is -0.348. The zero-order valence-electron chi connectivity index (χ0n) is 9.63. The van der Waals surface area contributed by atoms with Crippen molar-refractivity contribution < 1.29 is 18.8 Å².